The molecule has 0 spiro atoms. The monoisotopic (exact) mass is 326 g/mol. The number of fused-ring (bicyclic) bond motifs is 1. The number of amides is 1. The summed E-state index contributed by atoms with van der Waals surface area (Å²) < 4.78 is 5.65. The van der Waals surface area contributed by atoms with Crippen molar-refractivity contribution >= 4 is 44.6 Å². The molecule has 1 aromatic heterocycles. The van der Waals surface area contributed by atoms with Crippen molar-refractivity contribution in [1.29, 1.82) is 0 Å². The summed E-state index contributed by atoms with van der Waals surface area (Å²) >= 11 is 7.33. The number of hydrogen-bond acceptors (Lipinski definition) is 5. The number of benzene rings is 1. The Kier molecular flexibility index (Phi) is 3.79. The van der Waals surface area contributed by atoms with Crippen LogP contribution in [-0.2, 0) is 4.74 Å². The zero-order valence-electron chi connectivity index (χ0n) is 10.9. The van der Waals surface area contributed by atoms with Crippen LogP contribution in [0, 0.1) is 10.1 Å². The number of ether oxygens (including phenoxy) is 1. The van der Waals surface area contributed by atoms with E-state index in [1.807, 2.05) is 0 Å². The van der Waals surface area contributed by atoms with Crippen LogP contribution in [0.4, 0.5) is 5.69 Å². The third-order valence-electron chi connectivity index (χ3n) is 3.32. The van der Waals surface area contributed by atoms with Crippen molar-refractivity contribution in [1.82, 2.24) is 4.90 Å². The molecule has 0 atom stereocenters. The van der Waals surface area contributed by atoms with Gasteiger partial charge >= 0.3 is 0 Å². The lowest BCUT2D eigenvalue weighted by Gasteiger charge is -2.26. The van der Waals surface area contributed by atoms with Gasteiger partial charge in [0, 0.05) is 24.5 Å². The molecule has 8 heteroatoms. The lowest BCUT2D eigenvalue weighted by molar-refractivity contribution is -0.382. The van der Waals surface area contributed by atoms with E-state index in [-0.39, 0.29) is 16.6 Å². The molecule has 1 amide bonds. The van der Waals surface area contributed by atoms with E-state index in [4.69, 9.17) is 16.3 Å². The van der Waals surface area contributed by atoms with Crippen molar-refractivity contribution in [3.8, 4) is 0 Å². The van der Waals surface area contributed by atoms with Crippen LogP contribution < -0.4 is 0 Å². The number of hydrogen-bond donors (Lipinski definition) is 0. The molecule has 6 nitrogen and oxygen atoms in total. The molecule has 21 heavy (non-hydrogen) atoms. The van der Waals surface area contributed by atoms with Gasteiger partial charge in [0.05, 0.1) is 23.2 Å². The van der Waals surface area contributed by atoms with Gasteiger partial charge in [0.1, 0.15) is 9.58 Å². The molecule has 0 N–H and O–H groups in total. The molecule has 1 aliphatic rings. The number of nitrogens with zero attached hydrogens (tertiary/aromatic N) is 2. The fourth-order valence-electron chi connectivity index (χ4n) is 2.27. The zero-order chi connectivity index (χ0) is 15.0. The number of rotatable bonds is 2. The molecule has 0 aliphatic carbocycles. The van der Waals surface area contributed by atoms with Gasteiger partial charge in [-0.2, -0.15) is 0 Å². The summed E-state index contributed by atoms with van der Waals surface area (Å²) in [5.74, 6) is -0.196. The Labute approximate surface area is 129 Å². The van der Waals surface area contributed by atoms with Gasteiger partial charge in [0.25, 0.3) is 11.6 Å². The van der Waals surface area contributed by atoms with Crippen LogP contribution in [0.2, 0.25) is 5.02 Å². The Balaban J connectivity index is 2.07. The van der Waals surface area contributed by atoms with Gasteiger partial charge in [0.15, 0.2) is 0 Å². The van der Waals surface area contributed by atoms with E-state index in [9.17, 15) is 14.9 Å². The number of carbonyl (C=O) groups excluding carboxylic acids is 1. The zero-order valence-corrected chi connectivity index (χ0v) is 12.4. The summed E-state index contributed by atoms with van der Waals surface area (Å²) in [5, 5.41) is 11.9. The summed E-state index contributed by atoms with van der Waals surface area (Å²) in [6.45, 7) is 2.00. The van der Waals surface area contributed by atoms with E-state index < -0.39 is 4.92 Å². The maximum Gasteiger partial charge on any atom is 0.287 e. The number of halogens is 1. The average Bonchev–Trinajstić information content (AvgIpc) is 2.84. The first-order valence-electron chi connectivity index (χ1n) is 6.32. The normalized spacial score (nSPS) is 15.4. The Morgan fingerprint density at radius 2 is 2.10 bits per heavy atom. The van der Waals surface area contributed by atoms with Crippen LogP contribution in [0.25, 0.3) is 10.1 Å². The van der Waals surface area contributed by atoms with Gasteiger partial charge < -0.3 is 9.64 Å². The predicted octanol–water partition coefficient (Wildman–Crippen LogP) is 2.94. The third-order valence-corrected chi connectivity index (χ3v) is 5.04. The number of morpholine rings is 1. The first kappa shape index (κ1) is 14.2. The quantitative estimate of drug-likeness (QED) is 0.628. The third kappa shape index (κ3) is 2.48. The van der Waals surface area contributed by atoms with E-state index in [1.165, 1.54) is 6.07 Å². The van der Waals surface area contributed by atoms with Crippen LogP contribution >= 0.6 is 22.9 Å². The standard InChI is InChI=1S/C13H11ClN2O4S/c14-10-8-2-1-3-9(16(18)19)11(8)21-12(10)13(17)15-4-6-20-7-5-15/h1-3H,4-7H2. The highest BCUT2D eigenvalue weighted by molar-refractivity contribution is 7.22. The van der Waals surface area contributed by atoms with E-state index in [0.29, 0.717) is 41.3 Å². The molecule has 3 rings (SSSR count). The highest BCUT2D eigenvalue weighted by atomic mass is 35.5. The van der Waals surface area contributed by atoms with E-state index >= 15 is 0 Å². The topological polar surface area (TPSA) is 72.7 Å². The van der Waals surface area contributed by atoms with Gasteiger partial charge in [-0.3, -0.25) is 14.9 Å². The highest BCUT2D eigenvalue weighted by Crippen LogP contribution is 2.40. The Morgan fingerprint density at radius 3 is 2.76 bits per heavy atom. The SMILES string of the molecule is O=C(c1sc2c([N+](=O)[O-])cccc2c1Cl)N1CCOCC1. The van der Waals surface area contributed by atoms with Crippen molar-refractivity contribution < 1.29 is 14.5 Å². The average molecular weight is 327 g/mol. The summed E-state index contributed by atoms with van der Waals surface area (Å²) in [4.78, 5) is 25.1. The summed E-state index contributed by atoms with van der Waals surface area (Å²) in [7, 11) is 0. The largest absolute Gasteiger partial charge is 0.378 e. The molecule has 1 fully saturated rings. The molecule has 110 valence electrons. The molecule has 1 aromatic carbocycles. The van der Waals surface area contributed by atoms with E-state index in [1.54, 1.807) is 17.0 Å². The van der Waals surface area contributed by atoms with E-state index in [0.717, 1.165) is 11.3 Å². The summed E-state index contributed by atoms with van der Waals surface area (Å²) in [5.41, 5.74) is -0.0274. The first-order chi connectivity index (χ1) is 10.1. The number of non-ortho nitro benzene ring substituents is 1. The minimum atomic E-state index is -0.460. The van der Waals surface area contributed by atoms with Crippen molar-refractivity contribution in [3.63, 3.8) is 0 Å². The van der Waals surface area contributed by atoms with Crippen molar-refractivity contribution in [2.75, 3.05) is 26.3 Å². The minimum absolute atomic E-state index is 0.0274. The second kappa shape index (κ2) is 5.59. The van der Waals surface area contributed by atoms with Crippen LogP contribution in [-0.4, -0.2) is 42.0 Å². The van der Waals surface area contributed by atoms with Gasteiger partial charge in [-0.1, -0.05) is 23.7 Å². The Hall–Kier alpha value is -1.70. The highest BCUT2D eigenvalue weighted by Gasteiger charge is 2.26. The van der Waals surface area contributed by atoms with Gasteiger partial charge in [0.2, 0.25) is 0 Å². The molecule has 0 unspecified atom stereocenters. The summed E-state index contributed by atoms with van der Waals surface area (Å²) in [6, 6.07) is 4.68. The molecule has 1 aliphatic heterocycles. The molecule has 1 saturated heterocycles. The van der Waals surface area contributed by atoms with Crippen LogP contribution in [0.15, 0.2) is 18.2 Å². The maximum atomic E-state index is 12.5. The molecule has 2 heterocycles. The number of nitro groups is 1. The lowest BCUT2D eigenvalue weighted by Crippen LogP contribution is -2.40. The Bertz CT molecular complexity index is 724. The van der Waals surface area contributed by atoms with Gasteiger partial charge in [-0.05, 0) is 0 Å². The smallest absolute Gasteiger partial charge is 0.287 e. The van der Waals surface area contributed by atoms with Crippen LogP contribution in [0.5, 0.6) is 0 Å². The van der Waals surface area contributed by atoms with Gasteiger partial charge in [-0.25, -0.2) is 0 Å². The van der Waals surface area contributed by atoms with Gasteiger partial charge in [-0.15, -0.1) is 11.3 Å². The molecule has 0 bridgehead atoms. The van der Waals surface area contributed by atoms with E-state index in [2.05, 4.69) is 0 Å². The van der Waals surface area contributed by atoms with Crippen LogP contribution in [0.3, 0.4) is 0 Å². The molecular formula is C13H11ClN2O4S. The number of nitro benzene ring substituents is 1. The summed E-state index contributed by atoms with van der Waals surface area (Å²) in [6.07, 6.45) is 0. The first-order valence-corrected chi connectivity index (χ1v) is 7.51. The fourth-order valence-corrected chi connectivity index (χ4v) is 3.82. The van der Waals surface area contributed by atoms with Crippen molar-refractivity contribution in [3.05, 3.63) is 38.2 Å². The van der Waals surface area contributed by atoms with Crippen molar-refractivity contribution in [2.24, 2.45) is 0 Å². The molecular weight excluding hydrogens is 316 g/mol. The van der Waals surface area contributed by atoms with Crippen LogP contribution in [0.1, 0.15) is 9.67 Å². The molecule has 0 saturated carbocycles. The second-order valence-electron chi connectivity index (χ2n) is 4.56. The fraction of sp³-hybridized carbons (Fsp3) is 0.308. The predicted molar refractivity (Wildman–Crippen MR) is 80.2 cm³/mol. The number of carbonyl (C=O) groups is 1. The van der Waals surface area contributed by atoms with Crippen molar-refractivity contribution in [2.45, 2.75) is 0 Å². The second-order valence-corrected chi connectivity index (χ2v) is 5.96. The number of thiophene rings is 1. The minimum Gasteiger partial charge on any atom is -0.378 e. The maximum absolute atomic E-state index is 12.5. The lowest BCUT2D eigenvalue weighted by atomic mass is 10.2. The Morgan fingerprint density at radius 1 is 1.38 bits per heavy atom. The molecule has 2 aromatic rings. The molecule has 0 radical (unpaired) electrons.